The van der Waals surface area contributed by atoms with Crippen LogP contribution in [0.5, 0.6) is 5.75 Å². The van der Waals surface area contributed by atoms with Crippen LogP contribution in [0.2, 0.25) is 0 Å². The van der Waals surface area contributed by atoms with Crippen molar-refractivity contribution in [2.45, 2.75) is 4.90 Å². The SMILES string of the molecule is CSc1ccccc1N=Cc1ccc(OCC(=O)N2CCOCC2)cc1. The average molecular weight is 370 g/mol. The number of amides is 1. The van der Waals surface area contributed by atoms with Gasteiger partial charge in [0.15, 0.2) is 6.61 Å². The highest BCUT2D eigenvalue weighted by atomic mass is 32.2. The van der Waals surface area contributed by atoms with E-state index in [1.165, 1.54) is 0 Å². The van der Waals surface area contributed by atoms with Gasteiger partial charge in [-0.25, -0.2) is 0 Å². The molecule has 2 aromatic carbocycles. The van der Waals surface area contributed by atoms with Crippen LogP contribution in [-0.4, -0.2) is 56.2 Å². The lowest BCUT2D eigenvalue weighted by molar-refractivity contribution is -0.137. The second-order valence-corrected chi connectivity index (χ2v) is 6.63. The summed E-state index contributed by atoms with van der Waals surface area (Å²) >= 11 is 1.68. The Morgan fingerprint density at radius 3 is 2.65 bits per heavy atom. The number of rotatable bonds is 6. The Labute approximate surface area is 158 Å². The van der Waals surface area contributed by atoms with Crippen LogP contribution in [0.1, 0.15) is 5.56 Å². The van der Waals surface area contributed by atoms with Crippen molar-refractivity contribution in [1.29, 1.82) is 0 Å². The number of carbonyl (C=O) groups is 1. The average Bonchev–Trinajstić information content (AvgIpc) is 2.72. The molecule has 1 heterocycles. The number of para-hydroxylation sites is 1. The third-order valence-electron chi connectivity index (χ3n) is 4.04. The molecule has 26 heavy (non-hydrogen) atoms. The third-order valence-corrected chi connectivity index (χ3v) is 4.83. The zero-order valence-corrected chi connectivity index (χ0v) is 15.6. The van der Waals surface area contributed by atoms with Crippen molar-refractivity contribution >= 4 is 29.6 Å². The molecule has 6 heteroatoms. The van der Waals surface area contributed by atoms with E-state index in [0.717, 1.165) is 16.1 Å². The Kier molecular flexibility index (Phi) is 6.68. The first-order valence-corrected chi connectivity index (χ1v) is 9.74. The number of carbonyl (C=O) groups excluding carboxylic acids is 1. The van der Waals surface area contributed by atoms with Gasteiger partial charge in [-0.1, -0.05) is 12.1 Å². The summed E-state index contributed by atoms with van der Waals surface area (Å²) in [6.45, 7) is 2.51. The van der Waals surface area contributed by atoms with Crippen LogP contribution in [0.25, 0.3) is 0 Å². The van der Waals surface area contributed by atoms with Gasteiger partial charge in [-0.3, -0.25) is 9.79 Å². The van der Waals surface area contributed by atoms with Gasteiger partial charge in [0.25, 0.3) is 5.91 Å². The van der Waals surface area contributed by atoms with E-state index in [4.69, 9.17) is 9.47 Å². The summed E-state index contributed by atoms with van der Waals surface area (Å²) in [4.78, 5) is 19.5. The molecular weight excluding hydrogens is 348 g/mol. The van der Waals surface area contributed by atoms with Gasteiger partial charge in [-0.15, -0.1) is 11.8 Å². The van der Waals surface area contributed by atoms with Crippen molar-refractivity contribution in [1.82, 2.24) is 4.90 Å². The summed E-state index contributed by atoms with van der Waals surface area (Å²) in [7, 11) is 0. The molecule has 0 bridgehead atoms. The first-order valence-electron chi connectivity index (χ1n) is 8.52. The number of aliphatic imine (C=N–C) groups is 1. The standard InChI is InChI=1S/C20H22N2O3S/c1-26-19-5-3-2-4-18(19)21-14-16-6-8-17(9-7-16)25-15-20(23)22-10-12-24-13-11-22/h2-9,14H,10-13,15H2,1H3. The first kappa shape index (κ1) is 18.5. The van der Waals surface area contributed by atoms with E-state index in [9.17, 15) is 4.79 Å². The number of thioether (sulfide) groups is 1. The fourth-order valence-corrected chi connectivity index (χ4v) is 3.12. The number of morpholine rings is 1. The number of hydrogen-bond donors (Lipinski definition) is 0. The van der Waals surface area contributed by atoms with Crippen LogP contribution < -0.4 is 4.74 Å². The van der Waals surface area contributed by atoms with Crippen molar-refractivity contribution in [2.75, 3.05) is 39.2 Å². The largest absolute Gasteiger partial charge is 0.484 e. The van der Waals surface area contributed by atoms with Crippen LogP contribution in [0.4, 0.5) is 5.69 Å². The molecule has 1 aliphatic heterocycles. The second-order valence-electron chi connectivity index (χ2n) is 5.78. The predicted molar refractivity (Wildman–Crippen MR) is 105 cm³/mol. The highest BCUT2D eigenvalue weighted by Crippen LogP contribution is 2.27. The summed E-state index contributed by atoms with van der Waals surface area (Å²) < 4.78 is 10.8. The third kappa shape index (κ3) is 5.09. The van der Waals surface area contributed by atoms with Gasteiger partial charge in [0.05, 0.1) is 18.9 Å². The van der Waals surface area contributed by atoms with Gasteiger partial charge in [-0.05, 0) is 48.2 Å². The van der Waals surface area contributed by atoms with Gasteiger partial charge < -0.3 is 14.4 Å². The number of nitrogens with zero attached hydrogens (tertiary/aromatic N) is 2. The monoisotopic (exact) mass is 370 g/mol. The summed E-state index contributed by atoms with van der Waals surface area (Å²) in [5.74, 6) is 0.667. The van der Waals surface area contributed by atoms with Crippen LogP contribution >= 0.6 is 11.8 Å². The van der Waals surface area contributed by atoms with Crippen LogP contribution in [0, 0.1) is 0 Å². The fourth-order valence-electron chi connectivity index (χ4n) is 2.58. The Morgan fingerprint density at radius 2 is 1.92 bits per heavy atom. The van der Waals surface area contributed by atoms with Crippen molar-refractivity contribution in [3.63, 3.8) is 0 Å². The van der Waals surface area contributed by atoms with Crippen molar-refractivity contribution in [2.24, 2.45) is 4.99 Å². The van der Waals surface area contributed by atoms with Gasteiger partial charge in [0, 0.05) is 24.2 Å². The van der Waals surface area contributed by atoms with E-state index in [0.29, 0.717) is 32.1 Å². The summed E-state index contributed by atoms with van der Waals surface area (Å²) in [5, 5.41) is 0. The van der Waals surface area contributed by atoms with Crippen molar-refractivity contribution < 1.29 is 14.3 Å². The Hall–Kier alpha value is -2.31. The molecule has 1 amide bonds. The highest BCUT2D eigenvalue weighted by molar-refractivity contribution is 7.98. The van der Waals surface area contributed by atoms with E-state index in [2.05, 4.69) is 11.1 Å². The molecule has 0 N–H and O–H groups in total. The van der Waals surface area contributed by atoms with Gasteiger partial charge in [0.2, 0.25) is 0 Å². The number of benzene rings is 2. The maximum Gasteiger partial charge on any atom is 0.260 e. The minimum absolute atomic E-state index is 0.00684. The maximum atomic E-state index is 12.1. The van der Waals surface area contributed by atoms with Crippen molar-refractivity contribution in [3.05, 3.63) is 54.1 Å². The topological polar surface area (TPSA) is 51.1 Å². The molecule has 0 saturated carbocycles. The molecule has 3 rings (SSSR count). The lowest BCUT2D eigenvalue weighted by Crippen LogP contribution is -2.42. The molecule has 0 aliphatic carbocycles. The lowest BCUT2D eigenvalue weighted by atomic mass is 10.2. The van der Waals surface area contributed by atoms with E-state index in [1.54, 1.807) is 16.7 Å². The number of ether oxygens (including phenoxy) is 2. The Balaban J connectivity index is 1.54. The highest BCUT2D eigenvalue weighted by Gasteiger charge is 2.16. The normalized spacial score (nSPS) is 14.6. The molecule has 0 aromatic heterocycles. The Morgan fingerprint density at radius 1 is 1.19 bits per heavy atom. The Bertz CT molecular complexity index is 756. The van der Waals surface area contributed by atoms with E-state index < -0.39 is 0 Å². The van der Waals surface area contributed by atoms with Crippen molar-refractivity contribution in [3.8, 4) is 5.75 Å². The predicted octanol–water partition coefficient (Wildman–Crippen LogP) is 3.40. The summed E-state index contributed by atoms with van der Waals surface area (Å²) in [5.41, 5.74) is 1.93. The molecule has 0 unspecified atom stereocenters. The number of hydrogen-bond acceptors (Lipinski definition) is 5. The zero-order valence-electron chi connectivity index (χ0n) is 14.8. The molecule has 1 aliphatic rings. The van der Waals surface area contributed by atoms with E-state index >= 15 is 0 Å². The minimum Gasteiger partial charge on any atom is -0.484 e. The zero-order chi connectivity index (χ0) is 18.2. The molecule has 1 fully saturated rings. The maximum absolute atomic E-state index is 12.1. The van der Waals surface area contributed by atoms with Gasteiger partial charge >= 0.3 is 0 Å². The van der Waals surface area contributed by atoms with E-state index in [-0.39, 0.29) is 12.5 Å². The first-order chi connectivity index (χ1) is 12.8. The van der Waals surface area contributed by atoms with E-state index in [1.807, 2.05) is 54.9 Å². The molecule has 0 radical (unpaired) electrons. The van der Waals surface area contributed by atoms with Crippen LogP contribution in [-0.2, 0) is 9.53 Å². The molecule has 1 saturated heterocycles. The van der Waals surface area contributed by atoms with Gasteiger partial charge in [0.1, 0.15) is 5.75 Å². The summed E-state index contributed by atoms with van der Waals surface area (Å²) in [6, 6.07) is 15.6. The minimum atomic E-state index is -0.00684. The molecule has 5 nitrogen and oxygen atoms in total. The molecule has 136 valence electrons. The van der Waals surface area contributed by atoms with Crippen LogP contribution in [0.15, 0.2) is 58.4 Å². The molecular formula is C20H22N2O3S. The van der Waals surface area contributed by atoms with Gasteiger partial charge in [-0.2, -0.15) is 0 Å². The lowest BCUT2D eigenvalue weighted by Gasteiger charge is -2.26. The second kappa shape index (κ2) is 9.40. The molecule has 0 atom stereocenters. The molecule has 2 aromatic rings. The van der Waals surface area contributed by atoms with Crippen LogP contribution in [0.3, 0.4) is 0 Å². The quantitative estimate of drug-likeness (QED) is 0.578. The molecule has 0 spiro atoms. The smallest absolute Gasteiger partial charge is 0.260 e. The summed E-state index contributed by atoms with van der Waals surface area (Å²) in [6.07, 6.45) is 3.87. The fraction of sp³-hybridized carbons (Fsp3) is 0.300.